The fraction of sp³-hybridized carbons (Fsp3) is 0.421. The molecule has 2 aromatic rings. The molecule has 0 aliphatic carbocycles. The van der Waals surface area contributed by atoms with Gasteiger partial charge in [-0.3, -0.25) is 9.59 Å². The predicted octanol–water partition coefficient (Wildman–Crippen LogP) is 3.23. The summed E-state index contributed by atoms with van der Waals surface area (Å²) in [5, 5.41) is 11.9. The largest absolute Gasteiger partial charge is 0.481 e. The van der Waals surface area contributed by atoms with Gasteiger partial charge in [0, 0.05) is 24.9 Å². The number of thiazole rings is 1. The Morgan fingerprint density at radius 1 is 1.28 bits per heavy atom. The van der Waals surface area contributed by atoms with Gasteiger partial charge in [-0.25, -0.2) is 4.98 Å². The van der Waals surface area contributed by atoms with Crippen LogP contribution in [0.3, 0.4) is 0 Å². The zero-order valence-corrected chi connectivity index (χ0v) is 15.3. The lowest BCUT2D eigenvalue weighted by Crippen LogP contribution is -2.45. The summed E-state index contributed by atoms with van der Waals surface area (Å²) in [6, 6.07) is 8.27. The van der Waals surface area contributed by atoms with Crippen LogP contribution in [0.4, 0.5) is 0 Å². The molecule has 5 nitrogen and oxygen atoms in total. The second-order valence-corrected chi connectivity index (χ2v) is 7.82. The number of aryl methyl sites for hydroxylation is 1. The zero-order valence-electron chi connectivity index (χ0n) is 14.4. The van der Waals surface area contributed by atoms with E-state index in [9.17, 15) is 14.7 Å². The maximum atomic E-state index is 12.7. The summed E-state index contributed by atoms with van der Waals surface area (Å²) in [6.07, 6.45) is 1.32. The van der Waals surface area contributed by atoms with E-state index in [1.807, 2.05) is 13.8 Å². The first-order valence-electron chi connectivity index (χ1n) is 8.44. The number of amides is 1. The number of carboxylic acids is 1. The number of likely N-dealkylation sites (tertiary alicyclic amines) is 1. The molecule has 6 heteroatoms. The van der Waals surface area contributed by atoms with Crippen molar-refractivity contribution in [2.24, 2.45) is 11.8 Å². The molecule has 2 atom stereocenters. The van der Waals surface area contributed by atoms with Gasteiger partial charge in [-0.2, -0.15) is 0 Å². The standard InChI is InChI=1S/C19H22N2O3S/c1-12-3-5-14(6-4-12)8-17-20-16(11-25-17)18(22)21-9-13(2)7-15(10-21)19(23)24/h3-6,11,13,15H,7-10H2,1-2H3,(H,23,24). The van der Waals surface area contributed by atoms with Gasteiger partial charge < -0.3 is 10.0 Å². The minimum absolute atomic E-state index is 0.163. The third kappa shape index (κ3) is 4.25. The van der Waals surface area contributed by atoms with Crippen LogP contribution < -0.4 is 0 Å². The van der Waals surface area contributed by atoms with Crippen LogP contribution in [0.25, 0.3) is 0 Å². The molecular weight excluding hydrogens is 336 g/mol. The maximum Gasteiger partial charge on any atom is 0.308 e. The number of carboxylic acid groups (broad SMARTS) is 1. The molecule has 132 valence electrons. The van der Waals surface area contributed by atoms with Crippen molar-refractivity contribution in [2.75, 3.05) is 13.1 Å². The number of aliphatic carboxylic acids is 1. The molecule has 0 radical (unpaired) electrons. The molecule has 1 amide bonds. The topological polar surface area (TPSA) is 70.5 Å². The Morgan fingerprint density at radius 2 is 2.00 bits per heavy atom. The minimum Gasteiger partial charge on any atom is -0.481 e. The van der Waals surface area contributed by atoms with E-state index < -0.39 is 11.9 Å². The number of aromatic nitrogens is 1. The van der Waals surface area contributed by atoms with E-state index in [1.165, 1.54) is 16.9 Å². The number of nitrogens with zero attached hydrogens (tertiary/aromatic N) is 2. The first-order valence-corrected chi connectivity index (χ1v) is 9.32. The van der Waals surface area contributed by atoms with Crippen LogP contribution in [-0.2, 0) is 11.2 Å². The average Bonchev–Trinajstić information content (AvgIpc) is 3.04. The average molecular weight is 358 g/mol. The maximum absolute atomic E-state index is 12.7. The van der Waals surface area contributed by atoms with Crippen LogP contribution in [0, 0.1) is 18.8 Å². The van der Waals surface area contributed by atoms with Crippen LogP contribution in [0.15, 0.2) is 29.6 Å². The predicted molar refractivity (Wildman–Crippen MR) is 96.9 cm³/mol. The van der Waals surface area contributed by atoms with E-state index in [0.29, 0.717) is 25.1 Å². The Morgan fingerprint density at radius 3 is 2.68 bits per heavy atom. The third-order valence-corrected chi connectivity index (χ3v) is 5.39. The van der Waals surface area contributed by atoms with Gasteiger partial charge in [0.2, 0.25) is 0 Å². The summed E-state index contributed by atoms with van der Waals surface area (Å²) < 4.78 is 0. The van der Waals surface area contributed by atoms with Crippen LogP contribution in [-0.4, -0.2) is 40.0 Å². The Labute approximate surface area is 151 Å². The molecule has 25 heavy (non-hydrogen) atoms. The van der Waals surface area contributed by atoms with Gasteiger partial charge in [0.1, 0.15) is 5.69 Å². The second kappa shape index (κ2) is 7.35. The lowest BCUT2D eigenvalue weighted by molar-refractivity contribution is -0.143. The number of hydrogen-bond acceptors (Lipinski definition) is 4. The molecule has 1 saturated heterocycles. The van der Waals surface area contributed by atoms with Gasteiger partial charge in [0.15, 0.2) is 0 Å². The quantitative estimate of drug-likeness (QED) is 0.911. The number of carbonyl (C=O) groups is 2. The Bertz CT molecular complexity index is 769. The summed E-state index contributed by atoms with van der Waals surface area (Å²) in [4.78, 5) is 30.1. The number of hydrogen-bond donors (Lipinski definition) is 1. The lowest BCUT2D eigenvalue weighted by Gasteiger charge is -2.34. The van der Waals surface area contributed by atoms with Gasteiger partial charge in [-0.05, 0) is 24.8 Å². The van der Waals surface area contributed by atoms with Gasteiger partial charge in [-0.1, -0.05) is 36.8 Å². The normalized spacial score (nSPS) is 20.5. The van der Waals surface area contributed by atoms with Gasteiger partial charge in [0.25, 0.3) is 5.91 Å². The van der Waals surface area contributed by atoms with Crippen LogP contribution in [0.1, 0.15) is 40.0 Å². The fourth-order valence-electron chi connectivity index (χ4n) is 3.23. The number of piperidine rings is 1. The molecular formula is C19H22N2O3S. The van der Waals surface area contributed by atoms with E-state index in [1.54, 1.807) is 10.3 Å². The highest BCUT2D eigenvalue weighted by Crippen LogP contribution is 2.24. The Hall–Kier alpha value is -2.21. The molecule has 1 N–H and O–H groups in total. The van der Waals surface area contributed by atoms with Crippen LogP contribution in [0.2, 0.25) is 0 Å². The summed E-state index contributed by atoms with van der Waals surface area (Å²) in [5.74, 6) is -1.30. The van der Waals surface area contributed by atoms with Crippen molar-refractivity contribution >= 4 is 23.2 Å². The van der Waals surface area contributed by atoms with Crippen molar-refractivity contribution < 1.29 is 14.7 Å². The zero-order chi connectivity index (χ0) is 18.0. The van der Waals surface area contributed by atoms with Crippen molar-refractivity contribution in [1.29, 1.82) is 0 Å². The molecule has 2 unspecified atom stereocenters. The van der Waals surface area contributed by atoms with E-state index in [-0.39, 0.29) is 18.4 Å². The van der Waals surface area contributed by atoms with E-state index in [0.717, 1.165) is 10.6 Å². The highest BCUT2D eigenvalue weighted by Gasteiger charge is 2.32. The molecule has 0 saturated carbocycles. The molecule has 0 bridgehead atoms. The van der Waals surface area contributed by atoms with Gasteiger partial charge in [-0.15, -0.1) is 11.3 Å². The molecule has 1 aromatic carbocycles. The van der Waals surface area contributed by atoms with Crippen molar-refractivity contribution in [3.63, 3.8) is 0 Å². The molecule has 3 rings (SSSR count). The van der Waals surface area contributed by atoms with Crippen LogP contribution >= 0.6 is 11.3 Å². The first kappa shape index (κ1) is 17.6. The number of benzene rings is 1. The second-order valence-electron chi connectivity index (χ2n) is 6.88. The van der Waals surface area contributed by atoms with E-state index >= 15 is 0 Å². The van der Waals surface area contributed by atoms with Crippen molar-refractivity contribution in [3.8, 4) is 0 Å². The SMILES string of the molecule is Cc1ccc(Cc2nc(C(=O)N3CC(C)CC(C(=O)O)C3)cs2)cc1. The first-order chi connectivity index (χ1) is 11.9. The van der Waals surface area contributed by atoms with Crippen molar-refractivity contribution in [3.05, 3.63) is 51.5 Å². The minimum atomic E-state index is -0.831. The number of rotatable bonds is 4. The molecule has 0 spiro atoms. The lowest BCUT2D eigenvalue weighted by atomic mass is 9.90. The summed E-state index contributed by atoms with van der Waals surface area (Å²) >= 11 is 1.47. The van der Waals surface area contributed by atoms with E-state index in [2.05, 4.69) is 29.2 Å². The Kier molecular flexibility index (Phi) is 5.18. The third-order valence-electron chi connectivity index (χ3n) is 4.54. The Balaban J connectivity index is 1.69. The highest BCUT2D eigenvalue weighted by molar-refractivity contribution is 7.09. The molecule has 2 heterocycles. The summed E-state index contributed by atoms with van der Waals surface area (Å²) in [7, 11) is 0. The molecule has 1 aliphatic heterocycles. The van der Waals surface area contributed by atoms with E-state index in [4.69, 9.17) is 0 Å². The highest BCUT2D eigenvalue weighted by atomic mass is 32.1. The van der Waals surface area contributed by atoms with Gasteiger partial charge >= 0.3 is 5.97 Å². The molecule has 1 aromatic heterocycles. The number of carbonyl (C=O) groups excluding carboxylic acids is 1. The summed E-state index contributed by atoms with van der Waals surface area (Å²) in [5.41, 5.74) is 2.80. The smallest absolute Gasteiger partial charge is 0.308 e. The monoisotopic (exact) mass is 358 g/mol. The molecule has 1 aliphatic rings. The van der Waals surface area contributed by atoms with Crippen molar-refractivity contribution in [1.82, 2.24) is 9.88 Å². The summed E-state index contributed by atoms with van der Waals surface area (Å²) in [6.45, 7) is 4.89. The van der Waals surface area contributed by atoms with Gasteiger partial charge in [0.05, 0.1) is 10.9 Å². The van der Waals surface area contributed by atoms with Crippen LogP contribution in [0.5, 0.6) is 0 Å². The van der Waals surface area contributed by atoms with Crippen molar-refractivity contribution in [2.45, 2.75) is 26.7 Å². The fourth-order valence-corrected chi connectivity index (χ4v) is 4.03. The molecule has 1 fully saturated rings.